The van der Waals surface area contributed by atoms with Gasteiger partial charge in [-0.05, 0) is 48.0 Å². The number of aromatic amines is 1. The highest BCUT2D eigenvalue weighted by atomic mass is 35.5. The molecule has 0 saturated carbocycles. The summed E-state index contributed by atoms with van der Waals surface area (Å²) in [5, 5.41) is 4.99. The number of rotatable bonds is 6. The molecule has 36 heavy (non-hydrogen) atoms. The Kier molecular flexibility index (Phi) is 6.30. The molecule has 0 unspecified atom stereocenters. The van der Waals surface area contributed by atoms with Crippen LogP contribution in [-0.2, 0) is 13.0 Å². The molecule has 0 atom stereocenters. The third kappa shape index (κ3) is 4.73. The first kappa shape index (κ1) is 23.7. The Hall–Kier alpha value is -4.01. The number of primary amides is 1. The maximum atomic E-state index is 14.4. The van der Waals surface area contributed by atoms with Gasteiger partial charge in [-0.3, -0.25) is 19.6 Å². The van der Waals surface area contributed by atoms with Crippen LogP contribution in [0.25, 0.3) is 21.8 Å². The van der Waals surface area contributed by atoms with Crippen LogP contribution in [0.5, 0.6) is 0 Å². The van der Waals surface area contributed by atoms with Crippen LogP contribution >= 0.6 is 23.2 Å². The molecular formula is C26H18Cl2FN5O2. The van der Waals surface area contributed by atoms with E-state index in [2.05, 4.69) is 20.3 Å². The summed E-state index contributed by atoms with van der Waals surface area (Å²) >= 11 is 12.2. The van der Waals surface area contributed by atoms with Gasteiger partial charge in [0.05, 0.1) is 21.1 Å². The Balaban J connectivity index is 1.36. The molecule has 0 radical (unpaired) electrons. The summed E-state index contributed by atoms with van der Waals surface area (Å²) < 4.78 is 14.4. The molecule has 0 fully saturated rings. The van der Waals surface area contributed by atoms with Crippen LogP contribution < -0.4 is 11.1 Å². The molecule has 0 saturated heterocycles. The molecule has 0 bridgehead atoms. The lowest BCUT2D eigenvalue weighted by atomic mass is 10.0. The standard InChI is InChI=1S/C26H18Cl2FN5O2/c27-17-6-15-3-13(5-20(25(30)35)24(15)33-11-17)4-18-7-14(1-2-31-18)26(36)34-10-16-8-19-21(28)12-32-23(19)9-22(16)29/h1-3,5-9,11-12,32H,4,10H2,(H2,30,35)(H,34,36). The molecule has 0 aliphatic heterocycles. The second-order valence-corrected chi connectivity index (χ2v) is 9.10. The Morgan fingerprint density at radius 3 is 2.72 bits per heavy atom. The van der Waals surface area contributed by atoms with Gasteiger partial charge in [0.15, 0.2) is 0 Å². The van der Waals surface area contributed by atoms with Gasteiger partial charge in [0.25, 0.3) is 11.8 Å². The number of pyridine rings is 2. The van der Waals surface area contributed by atoms with E-state index in [1.807, 2.05) is 6.07 Å². The maximum absolute atomic E-state index is 14.4. The average Bonchev–Trinajstić information content (AvgIpc) is 3.20. The molecule has 3 heterocycles. The van der Waals surface area contributed by atoms with E-state index in [1.165, 1.54) is 18.5 Å². The van der Waals surface area contributed by atoms with Crippen LogP contribution in [-0.4, -0.2) is 26.8 Å². The topological polar surface area (TPSA) is 114 Å². The van der Waals surface area contributed by atoms with E-state index in [9.17, 15) is 14.0 Å². The molecule has 3 aromatic heterocycles. The molecule has 4 N–H and O–H groups in total. The number of nitrogens with two attached hydrogens (primary N) is 1. The first-order valence-electron chi connectivity index (χ1n) is 10.8. The number of halogens is 3. The lowest BCUT2D eigenvalue weighted by Gasteiger charge is -2.10. The van der Waals surface area contributed by atoms with E-state index in [0.29, 0.717) is 55.1 Å². The molecule has 0 aliphatic carbocycles. The predicted octanol–water partition coefficient (Wildman–Crippen LogP) is 5.18. The largest absolute Gasteiger partial charge is 0.366 e. The third-order valence-corrected chi connectivity index (χ3v) is 6.30. The van der Waals surface area contributed by atoms with Gasteiger partial charge in [0, 0.05) is 64.7 Å². The highest BCUT2D eigenvalue weighted by Gasteiger charge is 2.14. The van der Waals surface area contributed by atoms with Gasteiger partial charge in [-0.2, -0.15) is 0 Å². The number of carbonyl (C=O) groups is 2. The second-order valence-electron chi connectivity index (χ2n) is 8.25. The Morgan fingerprint density at radius 1 is 1.08 bits per heavy atom. The lowest BCUT2D eigenvalue weighted by Crippen LogP contribution is -2.23. The van der Waals surface area contributed by atoms with Crippen LogP contribution in [0.3, 0.4) is 0 Å². The Labute approximate surface area is 214 Å². The minimum atomic E-state index is -0.607. The Morgan fingerprint density at radius 2 is 1.92 bits per heavy atom. The number of hydrogen-bond donors (Lipinski definition) is 3. The summed E-state index contributed by atoms with van der Waals surface area (Å²) in [7, 11) is 0. The van der Waals surface area contributed by atoms with Crippen LogP contribution in [0.15, 0.2) is 61.1 Å². The van der Waals surface area contributed by atoms with E-state index >= 15 is 0 Å². The fraction of sp³-hybridized carbons (Fsp3) is 0.0769. The molecule has 5 aromatic rings. The lowest BCUT2D eigenvalue weighted by molar-refractivity contribution is 0.0949. The van der Waals surface area contributed by atoms with Crippen molar-refractivity contribution in [2.24, 2.45) is 5.73 Å². The van der Waals surface area contributed by atoms with Crippen LogP contribution in [0, 0.1) is 5.82 Å². The summed E-state index contributed by atoms with van der Waals surface area (Å²) in [5.41, 5.74) is 8.89. The van der Waals surface area contributed by atoms with Crippen LogP contribution in [0.4, 0.5) is 4.39 Å². The Bertz CT molecular complexity index is 1670. The second kappa shape index (κ2) is 9.56. The van der Waals surface area contributed by atoms with E-state index in [4.69, 9.17) is 28.9 Å². The van der Waals surface area contributed by atoms with Gasteiger partial charge < -0.3 is 16.0 Å². The van der Waals surface area contributed by atoms with Gasteiger partial charge in [0.2, 0.25) is 0 Å². The van der Waals surface area contributed by atoms with Gasteiger partial charge in [-0.15, -0.1) is 0 Å². The van der Waals surface area contributed by atoms with Gasteiger partial charge in [-0.25, -0.2) is 4.39 Å². The average molecular weight is 522 g/mol. The van der Waals surface area contributed by atoms with Crippen molar-refractivity contribution in [2.75, 3.05) is 0 Å². The fourth-order valence-electron chi connectivity index (χ4n) is 4.07. The first-order chi connectivity index (χ1) is 17.3. The fourth-order valence-corrected chi connectivity index (χ4v) is 4.44. The smallest absolute Gasteiger partial charge is 0.251 e. The number of carbonyl (C=O) groups excluding carboxylic acids is 2. The first-order valence-corrected chi connectivity index (χ1v) is 11.6. The van der Waals surface area contributed by atoms with Crippen molar-refractivity contribution in [3.05, 3.63) is 105 Å². The number of benzene rings is 2. The zero-order valence-corrected chi connectivity index (χ0v) is 20.1. The molecule has 0 spiro atoms. The zero-order valence-electron chi connectivity index (χ0n) is 18.6. The van der Waals surface area contributed by atoms with E-state index in [1.54, 1.807) is 36.5 Å². The number of aromatic nitrogens is 3. The van der Waals surface area contributed by atoms with Crippen molar-refractivity contribution in [3.8, 4) is 0 Å². The number of H-pyrrole nitrogens is 1. The summed E-state index contributed by atoms with van der Waals surface area (Å²) in [6, 6.07) is 11.4. The number of amides is 2. The molecule has 7 nitrogen and oxygen atoms in total. The molecule has 2 aromatic carbocycles. The third-order valence-electron chi connectivity index (χ3n) is 5.78. The van der Waals surface area contributed by atoms with Gasteiger partial charge in [-0.1, -0.05) is 23.2 Å². The van der Waals surface area contributed by atoms with Crippen molar-refractivity contribution in [2.45, 2.75) is 13.0 Å². The molecule has 10 heteroatoms. The SMILES string of the molecule is NC(=O)c1cc(Cc2cc(C(=O)NCc3cc4c(Cl)c[nH]c4cc3F)ccn2)cc2cc(Cl)cnc12. The maximum Gasteiger partial charge on any atom is 0.251 e. The van der Waals surface area contributed by atoms with Crippen LogP contribution in [0.1, 0.15) is 37.5 Å². The normalized spacial score (nSPS) is 11.2. The van der Waals surface area contributed by atoms with Crippen molar-refractivity contribution >= 4 is 56.8 Å². The summed E-state index contributed by atoms with van der Waals surface area (Å²) in [6.45, 7) is -0.0137. The minimum absolute atomic E-state index is 0.0137. The summed E-state index contributed by atoms with van der Waals surface area (Å²) in [4.78, 5) is 36.2. The minimum Gasteiger partial charge on any atom is -0.366 e. The molecule has 5 rings (SSSR count). The highest BCUT2D eigenvalue weighted by molar-refractivity contribution is 6.35. The number of hydrogen-bond acceptors (Lipinski definition) is 4. The van der Waals surface area contributed by atoms with Gasteiger partial charge in [0.1, 0.15) is 5.82 Å². The predicted molar refractivity (Wildman–Crippen MR) is 137 cm³/mol. The van der Waals surface area contributed by atoms with E-state index < -0.39 is 11.7 Å². The molecule has 180 valence electrons. The molecule has 2 amide bonds. The number of nitrogens with one attached hydrogen (secondary N) is 2. The molecule has 0 aliphatic rings. The number of nitrogens with zero attached hydrogens (tertiary/aromatic N) is 2. The van der Waals surface area contributed by atoms with Crippen molar-refractivity contribution in [1.29, 1.82) is 0 Å². The van der Waals surface area contributed by atoms with Crippen LogP contribution in [0.2, 0.25) is 10.0 Å². The zero-order chi connectivity index (χ0) is 25.4. The van der Waals surface area contributed by atoms with E-state index in [-0.39, 0.29) is 18.0 Å². The summed E-state index contributed by atoms with van der Waals surface area (Å²) in [6.07, 6.45) is 4.89. The van der Waals surface area contributed by atoms with Crippen molar-refractivity contribution in [3.63, 3.8) is 0 Å². The highest BCUT2D eigenvalue weighted by Crippen LogP contribution is 2.26. The number of fused-ring (bicyclic) bond motifs is 2. The molecular weight excluding hydrogens is 504 g/mol. The van der Waals surface area contributed by atoms with Gasteiger partial charge >= 0.3 is 0 Å². The monoisotopic (exact) mass is 521 g/mol. The van der Waals surface area contributed by atoms with Crippen molar-refractivity contribution < 1.29 is 14.0 Å². The van der Waals surface area contributed by atoms with E-state index in [0.717, 1.165) is 5.56 Å². The van der Waals surface area contributed by atoms with Crippen molar-refractivity contribution in [1.82, 2.24) is 20.3 Å². The summed E-state index contributed by atoms with van der Waals surface area (Å²) in [5.74, 6) is -1.44. The quantitative estimate of drug-likeness (QED) is 0.285.